The standard InChI is InChI=1S/C19H19F3N2O2S/c1-2-24(13-17(25)23-12-16-4-3-11-27-16)18(26)10-7-14-5-8-15(9-6-14)19(20,21)22/h3-11H,2,12-13H2,1H3,(H,23,25)/b10-7+. The van der Waals surface area contributed by atoms with Gasteiger partial charge in [-0.1, -0.05) is 18.2 Å². The van der Waals surface area contributed by atoms with Crippen molar-refractivity contribution in [3.8, 4) is 0 Å². The number of hydrogen-bond donors (Lipinski definition) is 1. The molecule has 1 aromatic carbocycles. The number of benzene rings is 1. The molecule has 0 saturated carbocycles. The molecule has 1 aromatic heterocycles. The Bertz CT molecular complexity index is 784. The van der Waals surface area contributed by atoms with Gasteiger partial charge in [0.05, 0.1) is 18.7 Å². The Labute approximate surface area is 159 Å². The Morgan fingerprint density at radius 1 is 1.19 bits per heavy atom. The molecule has 2 aromatic rings. The lowest BCUT2D eigenvalue weighted by Gasteiger charge is -2.18. The molecule has 0 aliphatic rings. The highest BCUT2D eigenvalue weighted by Crippen LogP contribution is 2.29. The number of alkyl halides is 3. The topological polar surface area (TPSA) is 49.4 Å². The first-order valence-electron chi connectivity index (χ1n) is 8.23. The summed E-state index contributed by atoms with van der Waals surface area (Å²) in [6.07, 6.45) is -1.72. The average molecular weight is 396 g/mol. The third kappa shape index (κ3) is 6.56. The minimum absolute atomic E-state index is 0.0853. The Hall–Kier alpha value is -2.61. The predicted molar refractivity (Wildman–Crippen MR) is 98.9 cm³/mol. The molecular weight excluding hydrogens is 377 g/mol. The monoisotopic (exact) mass is 396 g/mol. The van der Waals surface area contributed by atoms with E-state index in [4.69, 9.17) is 0 Å². The van der Waals surface area contributed by atoms with E-state index in [1.165, 1.54) is 40.5 Å². The zero-order chi connectivity index (χ0) is 19.9. The van der Waals surface area contributed by atoms with Crippen LogP contribution in [0.2, 0.25) is 0 Å². The van der Waals surface area contributed by atoms with Crippen LogP contribution in [-0.2, 0) is 22.3 Å². The second kappa shape index (κ2) is 9.36. The molecule has 2 amide bonds. The highest BCUT2D eigenvalue weighted by atomic mass is 32.1. The summed E-state index contributed by atoms with van der Waals surface area (Å²) in [7, 11) is 0. The second-order valence-corrected chi connectivity index (χ2v) is 6.69. The molecule has 1 heterocycles. The van der Waals surface area contributed by atoms with Crippen LogP contribution in [0.15, 0.2) is 47.9 Å². The molecule has 1 N–H and O–H groups in total. The Kier molecular flexibility index (Phi) is 7.18. The first-order chi connectivity index (χ1) is 12.8. The number of likely N-dealkylation sites (N-methyl/N-ethyl adjacent to an activating group) is 1. The number of thiophene rings is 1. The molecule has 0 radical (unpaired) electrons. The molecule has 2 rings (SSSR count). The number of nitrogens with zero attached hydrogens (tertiary/aromatic N) is 1. The van der Waals surface area contributed by atoms with E-state index >= 15 is 0 Å². The van der Waals surface area contributed by atoms with Gasteiger partial charge in [0.1, 0.15) is 0 Å². The third-order valence-corrected chi connectivity index (χ3v) is 4.60. The molecule has 0 bridgehead atoms. The van der Waals surface area contributed by atoms with Gasteiger partial charge in [-0.25, -0.2) is 0 Å². The number of hydrogen-bond acceptors (Lipinski definition) is 3. The van der Waals surface area contributed by atoms with Crippen LogP contribution in [0.4, 0.5) is 13.2 Å². The van der Waals surface area contributed by atoms with E-state index in [-0.39, 0.29) is 18.4 Å². The molecule has 27 heavy (non-hydrogen) atoms. The van der Waals surface area contributed by atoms with Crippen molar-refractivity contribution in [2.75, 3.05) is 13.1 Å². The lowest BCUT2D eigenvalue weighted by molar-refractivity contribution is -0.137. The highest BCUT2D eigenvalue weighted by molar-refractivity contribution is 7.09. The maximum Gasteiger partial charge on any atom is 0.416 e. The fourth-order valence-electron chi connectivity index (χ4n) is 2.23. The summed E-state index contributed by atoms with van der Waals surface area (Å²) in [4.78, 5) is 26.6. The Morgan fingerprint density at radius 2 is 1.89 bits per heavy atom. The van der Waals surface area contributed by atoms with Gasteiger partial charge in [0.2, 0.25) is 11.8 Å². The average Bonchev–Trinajstić information content (AvgIpc) is 3.15. The Balaban J connectivity index is 1.89. The van der Waals surface area contributed by atoms with Gasteiger partial charge in [-0.05, 0) is 42.1 Å². The fraction of sp³-hybridized carbons (Fsp3) is 0.263. The summed E-state index contributed by atoms with van der Waals surface area (Å²) in [6, 6.07) is 8.29. The summed E-state index contributed by atoms with van der Waals surface area (Å²) in [5.74, 6) is -0.662. The molecule has 0 aliphatic heterocycles. The van der Waals surface area contributed by atoms with Crippen LogP contribution >= 0.6 is 11.3 Å². The van der Waals surface area contributed by atoms with Crippen molar-refractivity contribution in [3.63, 3.8) is 0 Å². The normalized spacial score (nSPS) is 11.6. The maximum absolute atomic E-state index is 12.5. The third-order valence-electron chi connectivity index (χ3n) is 3.72. The van der Waals surface area contributed by atoms with Crippen LogP contribution in [0.3, 0.4) is 0 Å². The van der Waals surface area contributed by atoms with Crippen molar-refractivity contribution in [2.45, 2.75) is 19.6 Å². The van der Waals surface area contributed by atoms with E-state index in [1.54, 1.807) is 6.92 Å². The van der Waals surface area contributed by atoms with Gasteiger partial charge in [-0.3, -0.25) is 9.59 Å². The van der Waals surface area contributed by atoms with Gasteiger partial charge in [0.15, 0.2) is 0 Å². The minimum atomic E-state index is -4.40. The number of rotatable bonds is 7. The van der Waals surface area contributed by atoms with E-state index < -0.39 is 11.7 Å². The summed E-state index contributed by atoms with van der Waals surface area (Å²) in [6.45, 7) is 2.40. The van der Waals surface area contributed by atoms with Crippen molar-refractivity contribution in [2.24, 2.45) is 0 Å². The number of halogens is 3. The molecule has 0 fully saturated rings. The van der Waals surface area contributed by atoms with Gasteiger partial charge in [0.25, 0.3) is 0 Å². The molecule has 144 valence electrons. The van der Waals surface area contributed by atoms with Crippen LogP contribution in [0, 0.1) is 0 Å². The van der Waals surface area contributed by atoms with Crippen molar-refractivity contribution >= 4 is 29.2 Å². The maximum atomic E-state index is 12.5. The number of carbonyl (C=O) groups is 2. The molecule has 0 aliphatic carbocycles. The van der Waals surface area contributed by atoms with Crippen LogP contribution in [-0.4, -0.2) is 29.8 Å². The highest BCUT2D eigenvalue weighted by Gasteiger charge is 2.29. The zero-order valence-corrected chi connectivity index (χ0v) is 15.4. The van der Waals surface area contributed by atoms with Crippen LogP contribution in [0.1, 0.15) is 22.9 Å². The van der Waals surface area contributed by atoms with Gasteiger partial charge < -0.3 is 10.2 Å². The van der Waals surface area contributed by atoms with E-state index in [0.717, 1.165) is 17.0 Å². The van der Waals surface area contributed by atoms with Gasteiger partial charge in [-0.2, -0.15) is 13.2 Å². The number of nitrogens with one attached hydrogen (secondary N) is 1. The van der Waals surface area contributed by atoms with E-state index in [1.807, 2.05) is 17.5 Å². The Morgan fingerprint density at radius 3 is 2.44 bits per heavy atom. The zero-order valence-electron chi connectivity index (χ0n) is 14.6. The summed E-state index contributed by atoms with van der Waals surface area (Å²) in [5.41, 5.74) is -0.280. The second-order valence-electron chi connectivity index (χ2n) is 5.66. The smallest absolute Gasteiger partial charge is 0.350 e. The molecule has 0 atom stereocenters. The van der Waals surface area contributed by atoms with E-state index in [2.05, 4.69) is 5.32 Å². The molecule has 0 spiro atoms. The van der Waals surface area contributed by atoms with Crippen molar-refractivity contribution in [1.82, 2.24) is 10.2 Å². The first-order valence-corrected chi connectivity index (χ1v) is 9.11. The van der Waals surface area contributed by atoms with Crippen LogP contribution in [0.5, 0.6) is 0 Å². The quantitative estimate of drug-likeness (QED) is 0.721. The van der Waals surface area contributed by atoms with Crippen molar-refractivity contribution in [3.05, 3.63) is 63.9 Å². The summed E-state index contributed by atoms with van der Waals surface area (Å²) >= 11 is 1.53. The fourth-order valence-corrected chi connectivity index (χ4v) is 2.87. The molecule has 8 heteroatoms. The van der Waals surface area contributed by atoms with Gasteiger partial charge in [-0.15, -0.1) is 11.3 Å². The summed E-state index contributed by atoms with van der Waals surface area (Å²) < 4.78 is 37.6. The van der Waals surface area contributed by atoms with Crippen LogP contribution < -0.4 is 5.32 Å². The number of amides is 2. The lowest BCUT2D eigenvalue weighted by Crippen LogP contribution is -2.39. The molecule has 0 saturated heterocycles. The lowest BCUT2D eigenvalue weighted by atomic mass is 10.1. The first kappa shape index (κ1) is 20.7. The van der Waals surface area contributed by atoms with Crippen molar-refractivity contribution in [1.29, 1.82) is 0 Å². The van der Waals surface area contributed by atoms with Crippen molar-refractivity contribution < 1.29 is 22.8 Å². The largest absolute Gasteiger partial charge is 0.416 e. The molecule has 0 unspecified atom stereocenters. The number of carbonyl (C=O) groups excluding carboxylic acids is 2. The SMILES string of the molecule is CCN(CC(=O)NCc1cccs1)C(=O)/C=C/c1ccc(C(F)(F)F)cc1. The minimum Gasteiger partial charge on any atom is -0.350 e. The van der Waals surface area contributed by atoms with E-state index in [0.29, 0.717) is 18.7 Å². The van der Waals surface area contributed by atoms with Gasteiger partial charge in [0, 0.05) is 17.5 Å². The molecule has 4 nitrogen and oxygen atoms in total. The molecular formula is C19H19F3N2O2S. The van der Waals surface area contributed by atoms with Crippen LogP contribution in [0.25, 0.3) is 6.08 Å². The predicted octanol–water partition coefficient (Wildman–Crippen LogP) is 3.95. The van der Waals surface area contributed by atoms with Gasteiger partial charge >= 0.3 is 6.18 Å². The summed E-state index contributed by atoms with van der Waals surface area (Å²) in [5, 5.41) is 4.66. The van der Waals surface area contributed by atoms with E-state index in [9.17, 15) is 22.8 Å².